The van der Waals surface area contributed by atoms with E-state index in [4.69, 9.17) is 0 Å². The van der Waals surface area contributed by atoms with Crippen LogP contribution in [0.3, 0.4) is 0 Å². The zero-order chi connectivity index (χ0) is 32.9. The highest BCUT2D eigenvalue weighted by Gasteiger charge is 2.18. The molecule has 234 valence electrons. The molecule has 2 amide bonds. The molecule has 0 spiro atoms. The van der Waals surface area contributed by atoms with Crippen LogP contribution in [0.1, 0.15) is 32.1 Å². The zero-order valence-electron chi connectivity index (χ0n) is 24.3. The van der Waals surface area contributed by atoms with Crippen LogP contribution in [0.2, 0.25) is 0 Å². The van der Waals surface area contributed by atoms with Gasteiger partial charge in [0.2, 0.25) is 11.9 Å². The summed E-state index contributed by atoms with van der Waals surface area (Å²) < 4.78 is 55.4. The number of aryl methyl sites for hydroxylation is 2. The van der Waals surface area contributed by atoms with Crippen molar-refractivity contribution >= 4 is 55.1 Å². The molecule has 0 radical (unpaired) electrons. The summed E-state index contributed by atoms with van der Waals surface area (Å²) in [5, 5.41) is 5.34. The first-order chi connectivity index (χ1) is 21.9. The van der Waals surface area contributed by atoms with Crippen molar-refractivity contribution in [3.8, 4) is 0 Å². The Labute approximate surface area is 264 Å². The third-order valence-corrected chi connectivity index (χ3v) is 8.96. The van der Waals surface area contributed by atoms with Crippen molar-refractivity contribution in [3.63, 3.8) is 0 Å². The molecule has 2 heterocycles. The number of hydrogen-bond acceptors (Lipinski definition) is 10. The van der Waals surface area contributed by atoms with Crippen LogP contribution in [0.15, 0.2) is 107 Å². The Morgan fingerprint density at radius 3 is 1.33 bits per heavy atom. The summed E-state index contributed by atoms with van der Waals surface area (Å²) in [5.74, 6) is -1.19. The van der Waals surface area contributed by atoms with Crippen molar-refractivity contribution in [2.24, 2.45) is 0 Å². The lowest BCUT2D eigenvalue weighted by Gasteiger charge is -2.10. The van der Waals surface area contributed by atoms with Crippen molar-refractivity contribution in [2.75, 3.05) is 20.1 Å². The van der Waals surface area contributed by atoms with E-state index in [-0.39, 0.29) is 32.8 Å². The Kier molecular flexibility index (Phi) is 9.01. The van der Waals surface area contributed by atoms with Gasteiger partial charge in [-0.15, -0.1) is 0 Å². The van der Waals surface area contributed by atoms with Crippen molar-refractivity contribution in [2.45, 2.75) is 23.6 Å². The topological polar surface area (TPSA) is 202 Å². The second-order valence-electron chi connectivity index (χ2n) is 9.79. The molecule has 16 heteroatoms. The molecule has 0 aliphatic carbocycles. The van der Waals surface area contributed by atoms with Crippen LogP contribution in [0.5, 0.6) is 0 Å². The summed E-state index contributed by atoms with van der Waals surface area (Å²) in [6.07, 6.45) is 2.87. The van der Waals surface area contributed by atoms with Gasteiger partial charge in [0.25, 0.3) is 31.9 Å². The van der Waals surface area contributed by atoms with Crippen LogP contribution >= 0.6 is 0 Å². The highest BCUT2D eigenvalue weighted by molar-refractivity contribution is 7.93. The minimum atomic E-state index is -3.96. The lowest BCUT2D eigenvalue weighted by atomic mass is 10.1. The van der Waals surface area contributed by atoms with Crippen LogP contribution in [-0.2, 0) is 20.0 Å². The molecule has 0 fully saturated rings. The van der Waals surface area contributed by atoms with Gasteiger partial charge in [-0.1, -0.05) is 6.07 Å². The molecule has 46 heavy (non-hydrogen) atoms. The molecular formula is C30H26N8O6S2. The van der Waals surface area contributed by atoms with E-state index in [1.165, 1.54) is 85.2 Å². The summed E-state index contributed by atoms with van der Waals surface area (Å²) in [4.78, 5) is 41.6. The Balaban J connectivity index is 1.20. The van der Waals surface area contributed by atoms with Crippen molar-refractivity contribution in [1.82, 2.24) is 19.9 Å². The predicted octanol–water partition coefficient (Wildman–Crippen LogP) is 3.99. The van der Waals surface area contributed by atoms with E-state index < -0.39 is 31.9 Å². The molecular weight excluding hydrogens is 633 g/mol. The molecule has 0 saturated carbocycles. The number of sulfonamides is 2. The molecule has 3 aromatic carbocycles. The second-order valence-corrected chi connectivity index (χ2v) is 13.2. The first-order valence-electron chi connectivity index (χ1n) is 13.5. The van der Waals surface area contributed by atoms with Gasteiger partial charge in [0.1, 0.15) is 0 Å². The quantitative estimate of drug-likeness (QED) is 0.170. The fourth-order valence-electron chi connectivity index (χ4n) is 4.00. The van der Waals surface area contributed by atoms with Gasteiger partial charge < -0.3 is 10.6 Å². The van der Waals surface area contributed by atoms with Gasteiger partial charge >= 0.3 is 0 Å². The molecule has 0 aliphatic rings. The maximum Gasteiger partial charge on any atom is 0.264 e. The second kappa shape index (κ2) is 13.1. The van der Waals surface area contributed by atoms with E-state index in [1.807, 2.05) is 0 Å². The van der Waals surface area contributed by atoms with Gasteiger partial charge in [0.15, 0.2) is 0 Å². The summed E-state index contributed by atoms with van der Waals surface area (Å²) in [5.41, 5.74) is 2.19. The van der Waals surface area contributed by atoms with Gasteiger partial charge in [0, 0.05) is 46.3 Å². The number of nitrogens with zero attached hydrogens (tertiary/aromatic N) is 4. The summed E-state index contributed by atoms with van der Waals surface area (Å²) in [6.45, 7) is 3.41. The van der Waals surface area contributed by atoms with Crippen LogP contribution in [0.4, 0.5) is 23.3 Å². The first-order valence-corrected chi connectivity index (χ1v) is 16.4. The van der Waals surface area contributed by atoms with Gasteiger partial charge in [-0.05, 0) is 92.7 Å². The Bertz CT molecular complexity index is 1990. The van der Waals surface area contributed by atoms with Gasteiger partial charge in [-0.3, -0.25) is 9.59 Å². The van der Waals surface area contributed by atoms with Crippen molar-refractivity contribution in [3.05, 3.63) is 120 Å². The average molecular weight is 659 g/mol. The number of amides is 2. The number of hydrogen-bond donors (Lipinski definition) is 4. The van der Waals surface area contributed by atoms with Gasteiger partial charge in [-0.25, -0.2) is 46.2 Å². The normalized spacial score (nSPS) is 11.3. The minimum Gasteiger partial charge on any atom is -0.322 e. The molecule has 0 unspecified atom stereocenters. The zero-order valence-corrected chi connectivity index (χ0v) is 25.9. The fourth-order valence-corrected chi connectivity index (χ4v) is 5.90. The maximum absolute atomic E-state index is 12.9. The minimum absolute atomic E-state index is 0.0588. The van der Waals surface area contributed by atoms with Crippen molar-refractivity contribution in [1.29, 1.82) is 0 Å². The standard InChI is InChI=1S/C30H26N8O6S2/c1-19-14-16-31-29(33-19)37-45(41,42)25-10-6-23(7-11-25)35-27(39)21-4-3-5-22(18-21)28(40)36-24-8-12-26(13-9-24)46(43,44)38-30-32-17-15-20(2)34-30/h3-18H,1-2H3,(H,35,39)(H,36,40)(H,31,33,37)(H,32,34,38). The summed E-state index contributed by atoms with van der Waals surface area (Å²) in [6, 6.07) is 20.2. The third kappa shape index (κ3) is 7.85. The van der Waals surface area contributed by atoms with Gasteiger partial charge in [0.05, 0.1) is 9.79 Å². The summed E-state index contributed by atoms with van der Waals surface area (Å²) >= 11 is 0. The Morgan fingerprint density at radius 1 is 0.565 bits per heavy atom. The monoisotopic (exact) mass is 658 g/mol. The van der Waals surface area contributed by atoms with E-state index >= 15 is 0 Å². The molecule has 5 aromatic rings. The number of benzene rings is 3. The maximum atomic E-state index is 12.9. The summed E-state index contributed by atoms with van der Waals surface area (Å²) in [7, 11) is -7.93. The van der Waals surface area contributed by atoms with E-state index in [1.54, 1.807) is 26.0 Å². The molecule has 0 atom stereocenters. The molecule has 5 rings (SSSR count). The number of aromatic nitrogens is 4. The fraction of sp³-hybridized carbons (Fsp3) is 0.0667. The molecule has 4 N–H and O–H groups in total. The lowest BCUT2D eigenvalue weighted by Crippen LogP contribution is -2.17. The van der Waals surface area contributed by atoms with E-state index in [2.05, 4.69) is 40.0 Å². The SMILES string of the molecule is Cc1ccnc(NS(=O)(=O)c2ccc(NC(=O)c3cccc(C(=O)Nc4ccc(S(=O)(=O)Nc5nccc(C)n5)cc4)c3)cc2)n1. The van der Waals surface area contributed by atoms with Crippen LogP contribution in [-0.4, -0.2) is 48.6 Å². The number of carbonyl (C=O) groups is 2. The largest absolute Gasteiger partial charge is 0.322 e. The van der Waals surface area contributed by atoms with Crippen molar-refractivity contribution < 1.29 is 26.4 Å². The first kappa shape index (κ1) is 31.7. The Hall–Kier alpha value is -5.74. The van der Waals surface area contributed by atoms with E-state index in [0.717, 1.165) is 0 Å². The molecule has 0 bridgehead atoms. The Morgan fingerprint density at radius 2 is 0.957 bits per heavy atom. The highest BCUT2D eigenvalue weighted by Crippen LogP contribution is 2.20. The van der Waals surface area contributed by atoms with E-state index in [0.29, 0.717) is 22.8 Å². The molecule has 2 aromatic heterocycles. The van der Waals surface area contributed by atoms with Crippen LogP contribution < -0.4 is 20.1 Å². The highest BCUT2D eigenvalue weighted by atomic mass is 32.2. The number of nitrogens with one attached hydrogen (secondary N) is 4. The van der Waals surface area contributed by atoms with E-state index in [9.17, 15) is 26.4 Å². The predicted molar refractivity (Wildman–Crippen MR) is 170 cm³/mol. The average Bonchev–Trinajstić information content (AvgIpc) is 3.01. The lowest BCUT2D eigenvalue weighted by molar-refractivity contribution is 0.102. The molecule has 0 aliphatic heterocycles. The smallest absolute Gasteiger partial charge is 0.264 e. The van der Waals surface area contributed by atoms with Crippen LogP contribution in [0.25, 0.3) is 0 Å². The van der Waals surface area contributed by atoms with Crippen LogP contribution in [0, 0.1) is 13.8 Å². The third-order valence-electron chi connectivity index (χ3n) is 6.27. The molecule has 14 nitrogen and oxygen atoms in total. The number of rotatable bonds is 10. The number of carbonyl (C=O) groups excluding carboxylic acids is 2. The molecule has 0 saturated heterocycles. The number of anilines is 4. The van der Waals surface area contributed by atoms with Gasteiger partial charge in [-0.2, -0.15) is 0 Å².